The first-order valence-electron chi connectivity index (χ1n) is 4.90. The normalized spacial score (nSPS) is 11.7. The molecule has 0 saturated carbocycles. The lowest BCUT2D eigenvalue weighted by atomic mass is 10.4. The highest BCUT2D eigenvalue weighted by atomic mass is 32.2. The SMILES string of the molecule is Cc1c(NS(=O)(=O)c2cnn(C)c2)cnn1C. The molecule has 0 radical (unpaired) electrons. The van der Waals surface area contributed by atoms with Gasteiger partial charge in [0.2, 0.25) is 0 Å². The molecule has 2 heterocycles. The molecule has 2 aromatic rings. The fourth-order valence-electron chi connectivity index (χ4n) is 1.34. The topological polar surface area (TPSA) is 81.8 Å². The largest absolute Gasteiger partial charge is 0.276 e. The van der Waals surface area contributed by atoms with E-state index in [4.69, 9.17) is 0 Å². The van der Waals surface area contributed by atoms with E-state index in [1.165, 1.54) is 23.3 Å². The first-order valence-corrected chi connectivity index (χ1v) is 6.38. The Morgan fingerprint density at radius 3 is 2.41 bits per heavy atom. The fourth-order valence-corrected chi connectivity index (χ4v) is 2.43. The van der Waals surface area contributed by atoms with Gasteiger partial charge < -0.3 is 0 Å². The number of hydrogen-bond donors (Lipinski definition) is 1. The zero-order chi connectivity index (χ0) is 12.6. The smallest absolute Gasteiger partial charge is 0.265 e. The van der Waals surface area contributed by atoms with Crippen molar-refractivity contribution < 1.29 is 8.42 Å². The number of aromatic nitrogens is 4. The number of nitrogens with one attached hydrogen (secondary N) is 1. The van der Waals surface area contributed by atoms with Crippen LogP contribution in [0, 0.1) is 6.92 Å². The average molecular weight is 255 g/mol. The minimum Gasteiger partial charge on any atom is -0.276 e. The van der Waals surface area contributed by atoms with Crippen molar-refractivity contribution in [3.63, 3.8) is 0 Å². The van der Waals surface area contributed by atoms with Crippen LogP contribution < -0.4 is 4.72 Å². The second-order valence-corrected chi connectivity index (χ2v) is 5.40. The molecule has 0 atom stereocenters. The van der Waals surface area contributed by atoms with Crippen molar-refractivity contribution in [2.24, 2.45) is 14.1 Å². The third kappa shape index (κ3) is 2.16. The monoisotopic (exact) mass is 255 g/mol. The molecule has 0 aliphatic carbocycles. The van der Waals surface area contributed by atoms with Gasteiger partial charge in [-0.3, -0.25) is 14.1 Å². The maximum atomic E-state index is 12.0. The molecule has 7 nitrogen and oxygen atoms in total. The molecular weight excluding hydrogens is 242 g/mol. The highest BCUT2D eigenvalue weighted by molar-refractivity contribution is 7.92. The third-order valence-electron chi connectivity index (χ3n) is 2.47. The van der Waals surface area contributed by atoms with Gasteiger partial charge in [-0.2, -0.15) is 10.2 Å². The second-order valence-electron chi connectivity index (χ2n) is 3.72. The molecule has 2 aromatic heterocycles. The van der Waals surface area contributed by atoms with E-state index in [1.807, 2.05) is 0 Å². The van der Waals surface area contributed by atoms with Crippen LogP contribution in [-0.2, 0) is 24.1 Å². The summed E-state index contributed by atoms with van der Waals surface area (Å²) < 4.78 is 29.5. The van der Waals surface area contributed by atoms with Crippen molar-refractivity contribution in [2.45, 2.75) is 11.8 Å². The van der Waals surface area contributed by atoms with Crippen LogP contribution in [0.4, 0.5) is 5.69 Å². The van der Waals surface area contributed by atoms with Gasteiger partial charge >= 0.3 is 0 Å². The molecule has 0 bridgehead atoms. The van der Waals surface area contributed by atoms with Crippen molar-refractivity contribution in [1.82, 2.24) is 19.6 Å². The molecule has 2 rings (SSSR count). The minimum absolute atomic E-state index is 0.128. The first kappa shape index (κ1) is 11.6. The van der Waals surface area contributed by atoms with Crippen molar-refractivity contribution in [2.75, 3.05) is 4.72 Å². The maximum Gasteiger partial charge on any atom is 0.265 e. The van der Waals surface area contributed by atoms with E-state index < -0.39 is 10.0 Å². The molecule has 0 aliphatic rings. The van der Waals surface area contributed by atoms with E-state index in [0.29, 0.717) is 5.69 Å². The number of rotatable bonds is 3. The van der Waals surface area contributed by atoms with E-state index in [2.05, 4.69) is 14.9 Å². The highest BCUT2D eigenvalue weighted by Gasteiger charge is 2.18. The van der Waals surface area contributed by atoms with Gasteiger partial charge in [0.05, 0.1) is 23.8 Å². The van der Waals surface area contributed by atoms with Crippen LogP contribution in [0.15, 0.2) is 23.5 Å². The van der Waals surface area contributed by atoms with Gasteiger partial charge in [0, 0.05) is 20.3 Å². The van der Waals surface area contributed by atoms with Crippen LogP contribution in [0.5, 0.6) is 0 Å². The molecule has 17 heavy (non-hydrogen) atoms. The van der Waals surface area contributed by atoms with Crippen LogP contribution in [0.2, 0.25) is 0 Å². The van der Waals surface area contributed by atoms with Gasteiger partial charge in [-0.1, -0.05) is 0 Å². The molecule has 0 fully saturated rings. The Labute approximate surface area is 99.1 Å². The maximum absolute atomic E-state index is 12.0. The fraction of sp³-hybridized carbons (Fsp3) is 0.333. The first-order chi connectivity index (χ1) is 7.90. The number of anilines is 1. The molecule has 1 N–H and O–H groups in total. The van der Waals surface area contributed by atoms with E-state index >= 15 is 0 Å². The molecule has 8 heteroatoms. The zero-order valence-electron chi connectivity index (χ0n) is 9.75. The second kappa shape index (κ2) is 3.88. The summed E-state index contributed by atoms with van der Waals surface area (Å²) in [5, 5.41) is 7.80. The summed E-state index contributed by atoms with van der Waals surface area (Å²) in [6, 6.07) is 0. The number of aryl methyl sites for hydroxylation is 2. The summed E-state index contributed by atoms with van der Waals surface area (Å²) in [6.07, 6.45) is 4.21. The summed E-state index contributed by atoms with van der Waals surface area (Å²) in [6.45, 7) is 1.79. The molecule has 92 valence electrons. The molecule has 0 amide bonds. The lowest BCUT2D eigenvalue weighted by Gasteiger charge is -2.04. The Hall–Kier alpha value is -1.83. The van der Waals surface area contributed by atoms with Crippen LogP contribution in [-0.4, -0.2) is 28.0 Å². The Bertz CT molecular complexity index is 640. The molecule has 0 aromatic carbocycles. The summed E-state index contributed by atoms with van der Waals surface area (Å²) in [7, 11) is -0.180. The van der Waals surface area contributed by atoms with Crippen molar-refractivity contribution in [3.05, 3.63) is 24.3 Å². The Balaban J connectivity index is 2.33. The third-order valence-corrected chi connectivity index (χ3v) is 3.79. The minimum atomic E-state index is -3.59. The van der Waals surface area contributed by atoms with Crippen LogP contribution in [0.3, 0.4) is 0 Å². The number of nitrogens with zero attached hydrogens (tertiary/aromatic N) is 4. The standard InChI is InChI=1S/C9H13N5O2S/c1-7-9(5-11-14(7)3)12-17(15,16)8-4-10-13(2)6-8/h4-6,12H,1-3H3. The van der Waals surface area contributed by atoms with Gasteiger partial charge in [0.25, 0.3) is 10.0 Å². The molecule has 0 unspecified atom stereocenters. The van der Waals surface area contributed by atoms with Crippen LogP contribution >= 0.6 is 0 Å². The summed E-state index contributed by atoms with van der Waals surface area (Å²) in [4.78, 5) is 0.128. The average Bonchev–Trinajstić information content (AvgIpc) is 2.80. The number of hydrogen-bond acceptors (Lipinski definition) is 4. The summed E-state index contributed by atoms with van der Waals surface area (Å²) in [5.74, 6) is 0. The quantitative estimate of drug-likeness (QED) is 0.853. The van der Waals surface area contributed by atoms with Crippen molar-refractivity contribution in [1.29, 1.82) is 0 Å². The Morgan fingerprint density at radius 1 is 1.24 bits per heavy atom. The summed E-state index contributed by atoms with van der Waals surface area (Å²) in [5.41, 5.74) is 1.22. The van der Waals surface area contributed by atoms with Gasteiger partial charge in [-0.25, -0.2) is 8.42 Å². The zero-order valence-corrected chi connectivity index (χ0v) is 10.6. The molecular formula is C9H13N5O2S. The van der Waals surface area contributed by atoms with Crippen molar-refractivity contribution in [3.8, 4) is 0 Å². The van der Waals surface area contributed by atoms with E-state index in [0.717, 1.165) is 5.69 Å². The lowest BCUT2D eigenvalue weighted by Crippen LogP contribution is -2.12. The molecule has 0 saturated heterocycles. The van der Waals surface area contributed by atoms with Crippen molar-refractivity contribution >= 4 is 15.7 Å². The van der Waals surface area contributed by atoms with Gasteiger partial charge in [-0.05, 0) is 6.92 Å². The van der Waals surface area contributed by atoms with E-state index in [9.17, 15) is 8.42 Å². The molecule has 0 spiro atoms. The van der Waals surface area contributed by atoms with Crippen LogP contribution in [0.1, 0.15) is 5.69 Å². The van der Waals surface area contributed by atoms with Crippen LogP contribution in [0.25, 0.3) is 0 Å². The van der Waals surface area contributed by atoms with E-state index in [-0.39, 0.29) is 4.90 Å². The molecule has 0 aliphatic heterocycles. The van der Waals surface area contributed by atoms with E-state index in [1.54, 1.807) is 25.7 Å². The Morgan fingerprint density at radius 2 is 1.94 bits per heavy atom. The highest BCUT2D eigenvalue weighted by Crippen LogP contribution is 2.17. The van der Waals surface area contributed by atoms with Gasteiger partial charge in [0.15, 0.2) is 0 Å². The predicted octanol–water partition coefficient (Wildman–Crippen LogP) is 0.263. The lowest BCUT2D eigenvalue weighted by molar-refractivity contribution is 0.601. The van der Waals surface area contributed by atoms with Gasteiger partial charge in [0.1, 0.15) is 4.90 Å². The summed E-state index contributed by atoms with van der Waals surface area (Å²) >= 11 is 0. The number of sulfonamides is 1. The Kier molecular flexibility index (Phi) is 2.66. The predicted molar refractivity (Wildman–Crippen MR) is 62.0 cm³/mol. The van der Waals surface area contributed by atoms with Gasteiger partial charge in [-0.15, -0.1) is 0 Å².